The van der Waals surface area contributed by atoms with E-state index >= 15 is 0 Å². The van der Waals surface area contributed by atoms with Gasteiger partial charge in [-0.15, -0.1) is 0 Å². The van der Waals surface area contributed by atoms with Crippen LogP contribution in [0.5, 0.6) is 0 Å². The number of rotatable bonds is 4. The minimum absolute atomic E-state index is 0.0252. The minimum Gasteiger partial charge on any atom is -0.343 e. The first kappa shape index (κ1) is 18.5. The molecule has 0 bridgehead atoms. The molecule has 2 aromatic heterocycles. The predicted octanol–water partition coefficient (Wildman–Crippen LogP) is 5.61. The molecule has 0 aliphatic heterocycles. The van der Waals surface area contributed by atoms with E-state index in [4.69, 9.17) is 4.98 Å². The number of hydrogen-bond donors (Lipinski definition) is 1. The molecule has 2 heterocycles. The lowest BCUT2D eigenvalue weighted by molar-refractivity contribution is -0.117. The van der Waals surface area contributed by atoms with E-state index in [1.807, 2.05) is 6.92 Å². The summed E-state index contributed by atoms with van der Waals surface area (Å²) in [6, 6.07) is 4.35. The predicted molar refractivity (Wildman–Crippen MR) is 111 cm³/mol. The van der Waals surface area contributed by atoms with Crippen molar-refractivity contribution < 1.29 is 4.79 Å². The Morgan fingerprint density at radius 2 is 1.96 bits per heavy atom. The fourth-order valence-electron chi connectivity index (χ4n) is 5.07. The Bertz CT molecular complexity index is 875. The second-order valence-electron chi connectivity index (χ2n) is 10.4. The zero-order chi connectivity index (χ0) is 19.4. The molecule has 1 amide bonds. The second-order valence-corrected chi connectivity index (χ2v) is 10.4. The minimum atomic E-state index is -0.0252. The molecule has 0 aromatic carbocycles. The van der Waals surface area contributed by atoms with Crippen LogP contribution in [0.3, 0.4) is 0 Å². The van der Waals surface area contributed by atoms with E-state index in [2.05, 4.69) is 49.7 Å². The average molecular weight is 368 g/mol. The molecule has 2 fully saturated rings. The van der Waals surface area contributed by atoms with Crippen LogP contribution >= 0.6 is 0 Å². The van der Waals surface area contributed by atoms with Crippen LogP contribution in [0.2, 0.25) is 0 Å². The first-order valence-electron chi connectivity index (χ1n) is 10.4. The Balaban J connectivity index is 1.52. The van der Waals surface area contributed by atoms with E-state index < -0.39 is 0 Å². The van der Waals surface area contributed by atoms with Crippen LogP contribution in [0.1, 0.15) is 70.6 Å². The maximum Gasteiger partial charge on any atom is 0.226 e. The average Bonchev–Trinajstić information content (AvgIpc) is 2.74. The van der Waals surface area contributed by atoms with Crippen LogP contribution < -0.4 is 5.32 Å². The number of anilines is 1. The molecular formula is C23H33N3O. The lowest BCUT2D eigenvalue weighted by atomic mass is 9.52. The van der Waals surface area contributed by atoms with Crippen molar-refractivity contribution in [2.75, 3.05) is 5.32 Å². The Hall–Kier alpha value is -1.84. The third-order valence-electron chi connectivity index (χ3n) is 6.53. The zero-order valence-electron chi connectivity index (χ0n) is 17.5. The van der Waals surface area contributed by atoms with Gasteiger partial charge in [0.25, 0.3) is 0 Å². The second kappa shape index (κ2) is 6.35. The highest BCUT2D eigenvalue weighted by Crippen LogP contribution is 2.59. The van der Waals surface area contributed by atoms with Crippen LogP contribution in [0.25, 0.3) is 11.0 Å². The maximum absolute atomic E-state index is 12.3. The summed E-state index contributed by atoms with van der Waals surface area (Å²) in [5.74, 6) is 1.55. The molecule has 4 rings (SSSR count). The van der Waals surface area contributed by atoms with Crippen LogP contribution in [0, 0.1) is 30.6 Å². The number of nitrogens with zero attached hydrogens (tertiary/aromatic N) is 2. The summed E-state index contributed by atoms with van der Waals surface area (Å²) in [7, 11) is 0. The topological polar surface area (TPSA) is 46.9 Å². The van der Waals surface area contributed by atoms with Gasteiger partial charge in [0.15, 0.2) is 0 Å². The van der Waals surface area contributed by atoms with Gasteiger partial charge in [0, 0.05) is 18.7 Å². The first-order valence-corrected chi connectivity index (χ1v) is 10.4. The SMILES string of the molecule is Cc1cc2c(cc(C)n2CC2CC3(CCC3)C2)nc1NC(=O)CC(C)(C)C. The highest BCUT2D eigenvalue weighted by molar-refractivity contribution is 5.92. The van der Waals surface area contributed by atoms with Gasteiger partial charge in [-0.3, -0.25) is 4.79 Å². The third-order valence-corrected chi connectivity index (χ3v) is 6.53. The number of carbonyl (C=O) groups is 1. The highest BCUT2D eigenvalue weighted by Gasteiger charge is 2.47. The molecular weight excluding hydrogens is 334 g/mol. The van der Waals surface area contributed by atoms with Crippen molar-refractivity contribution >= 4 is 22.8 Å². The van der Waals surface area contributed by atoms with Crippen LogP contribution in [0.4, 0.5) is 5.82 Å². The van der Waals surface area contributed by atoms with E-state index in [9.17, 15) is 4.79 Å². The number of pyridine rings is 1. The van der Waals surface area contributed by atoms with E-state index in [0.717, 1.165) is 29.0 Å². The normalized spacial score (nSPS) is 19.1. The Morgan fingerprint density at radius 3 is 2.56 bits per heavy atom. The summed E-state index contributed by atoms with van der Waals surface area (Å²) in [5.41, 5.74) is 5.19. The largest absolute Gasteiger partial charge is 0.343 e. The molecule has 0 radical (unpaired) electrons. The summed E-state index contributed by atoms with van der Waals surface area (Å²) < 4.78 is 2.44. The van der Waals surface area contributed by atoms with Gasteiger partial charge in [-0.1, -0.05) is 27.2 Å². The van der Waals surface area contributed by atoms with E-state index in [1.165, 1.54) is 43.3 Å². The molecule has 0 atom stereocenters. The van der Waals surface area contributed by atoms with Crippen molar-refractivity contribution in [3.8, 4) is 0 Å². The lowest BCUT2D eigenvalue weighted by Crippen LogP contribution is -2.44. The number of nitrogens with one attached hydrogen (secondary N) is 1. The van der Waals surface area contributed by atoms with Crippen LogP contribution in [-0.4, -0.2) is 15.5 Å². The van der Waals surface area contributed by atoms with Gasteiger partial charge >= 0.3 is 0 Å². The van der Waals surface area contributed by atoms with Crippen molar-refractivity contribution in [1.82, 2.24) is 9.55 Å². The molecule has 1 spiro atoms. The van der Waals surface area contributed by atoms with Crippen LogP contribution in [0.15, 0.2) is 12.1 Å². The lowest BCUT2D eigenvalue weighted by Gasteiger charge is -2.54. The molecule has 4 heteroatoms. The van der Waals surface area contributed by atoms with Gasteiger partial charge in [0.2, 0.25) is 5.91 Å². The highest BCUT2D eigenvalue weighted by atomic mass is 16.1. The van der Waals surface area contributed by atoms with Crippen molar-refractivity contribution in [2.24, 2.45) is 16.7 Å². The quantitative estimate of drug-likeness (QED) is 0.763. The van der Waals surface area contributed by atoms with Gasteiger partial charge in [0.1, 0.15) is 5.82 Å². The van der Waals surface area contributed by atoms with Crippen LogP contribution in [-0.2, 0) is 11.3 Å². The Morgan fingerprint density at radius 1 is 1.26 bits per heavy atom. The fourth-order valence-corrected chi connectivity index (χ4v) is 5.07. The smallest absolute Gasteiger partial charge is 0.226 e. The molecule has 1 N–H and O–H groups in total. The first-order chi connectivity index (χ1) is 12.6. The number of hydrogen-bond acceptors (Lipinski definition) is 2. The Kier molecular flexibility index (Phi) is 4.36. The van der Waals surface area contributed by atoms with Gasteiger partial charge in [0.05, 0.1) is 11.0 Å². The van der Waals surface area contributed by atoms with Crippen molar-refractivity contribution in [3.63, 3.8) is 0 Å². The number of aryl methyl sites for hydroxylation is 2. The third kappa shape index (κ3) is 3.63. The molecule has 2 aliphatic rings. The maximum atomic E-state index is 12.3. The molecule has 4 nitrogen and oxygen atoms in total. The summed E-state index contributed by atoms with van der Waals surface area (Å²) >= 11 is 0. The summed E-state index contributed by atoms with van der Waals surface area (Å²) in [4.78, 5) is 17.1. The fraction of sp³-hybridized carbons (Fsp3) is 0.652. The summed E-state index contributed by atoms with van der Waals surface area (Å²) in [6.07, 6.45) is 7.64. The monoisotopic (exact) mass is 367 g/mol. The molecule has 2 aromatic rings. The Labute approximate surface area is 162 Å². The number of amides is 1. The van der Waals surface area contributed by atoms with Gasteiger partial charge in [-0.2, -0.15) is 0 Å². The molecule has 146 valence electrons. The molecule has 0 saturated heterocycles. The van der Waals surface area contributed by atoms with Crippen molar-refractivity contribution in [2.45, 2.75) is 79.7 Å². The van der Waals surface area contributed by atoms with Gasteiger partial charge < -0.3 is 9.88 Å². The van der Waals surface area contributed by atoms with Gasteiger partial charge in [-0.05, 0) is 74.0 Å². The summed E-state index contributed by atoms with van der Waals surface area (Å²) in [5, 5.41) is 3.02. The van der Waals surface area contributed by atoms with Gasteiger partial charge in [-0.25, -0.2) is 4.98 Å². The number of aromatic nitrogens is 2. The zero-order valence-corrected chi connectivity index (χ0v) is 17.5. The van der Waals surface area contributed by atoms with Crippen molar-refractivity contribution in [3.05, 3.63) is 23.4 Å². The van der Waals surface area contributed by atoms with Crippen molar-refractivity contribution in [1.29, 1.82) is 0 Å². The van der Waals surface area contributed by atoms with E-state index in [0.29, 0.717) is 12.2 Å². The number of fused-ring (bicyclic) bond motifs is 1. The van der Waals surface area contributed by atoms with E-state index in [1.54, 1.807) is 0 Å². The standard InChI is InChI=1S/C23H33N3O/c1-15-9-19-18(24-21(15)25-20(27)13-22(3,4)5)10-16(2)26(19)14-17-11-23(12-17)7-6-8-23/h9-10,17H,6-8,11-14H2,1-5H3,(H,24,25,27). The number of carbonyl (C=O) groups excluding carboxylic acids is 1. The molecule has 27 heavy (non-hydrogen) atoms. The molecule has 2 aliphatic carbocycles. The summed E-state index contributed by atoms with van der Waals surface area (Å²) in [6.45, 7) is 11.5. The molecule has 2 saturated carbocycles. The molecule has 0 unspecified atom stereocenters. The van der Waals surface area contributed by atoms with E-state index in [-0.39, 0.29) is 11.3 Å².